The second-order valence-electron chi connectivity index (χ2n) is 14.8. The maximum atomic E-state index is 13.6. The molecule has 52 heavy (non-hydrogen) atoms. The van der Waals surface area contributed by atoms with Gasteiger partial charge in [-0.1, -0.05) is 75.4 Å². The number of carbonyl (C=O) groups is 2. The highest BCUT2D eigenvalue weighted by Gasteiger charge is 2.23. The van der Waals surface area contributed by atoms with Crippen LogP contribution in [0.25, 0.3) is 16.5 Å². The third-order valence-electron chi connectivity index (χ3n) is 8.87. The number of Topliss-reactive ketones (excluding diaryl/α,β-unsaturated/α-hetero) is 1. The molecule has 6 aromatic rings. The Hall–Kier alpha value is -5.60. The number of urea groups is 1. The Morgan fingerprint density at radius 3 is 2.44 bits per heavy atom. The molecule has 0 spiro atoms. The highest BCUT2D eigenvalue weighted by Crippen LogP contribution is 2.41. The molecule has 0 radical (unpaired) electrons. The molecule has 10 nitrogen and oxygen atoms in total. The monoisotopic (exact) mass is 712 g/mol. The number of ether oxygens (including phenoxy) is 1. The third-order valence-corrected chi connectivity index (χ3v) is 10.00. The zero-order valence-corrected chi connectivity index (χ0v) is 30.8. The molecule has 0 atom stereocenters. The molecule has 4 aromatic carbocycles. The number of nitrogens with one attached hydrogen (secondary N) is 2. The van der Waals surface area contributed by atoms with E-state index in [1.54, 1.807) is 36.3 Å². The zero-order chi connectivity index (χ0) is 36.6. The van der Waals surface area contributed by atoms with Gasteiger partial charge in [-0.15, -0.1) is 0 Å². The Balaban J connectivity index is 1.10. The van der Waals surface area contributed by atoms with Crippen LogP contribution < -0.4 is 15.4 Å². The number of hydrogen-bond acceptors (Lipinski definition) is 7. The zero-order valence-electron chi connectivity index (χ0n) is 29.9. The van der Waals surface area contributed by atoms with Crippen molar-refractivity contribution in [3.8, 4) is 17.3 Å². The lowest BCUT2D eigenvalue weighted by molar-refractivity contribution is -0.117. The third kappa shape index (κ3) is 7.98. The van der Waals surface area contributed by atoms with Crippen LogP contribution in [0.5, 0.6) is 11.6 Å². The summed E-state index contributed by atoms with van der Waals surface area (Å²) in [7, 11) is -2.29. The van der Waals surface area contributed by atoms with Gasteiger partial charge in [0.2, 0.25) is 5.88 Å². The van der Waals surface area contributed by atoms with E-state index in [0.29, 0.717) is 54.4 Å². The summed E-state index contributed by atoms with van der Waals surface area (Å²) in [5, 5.41) is 12.5. The molecule has 7 rings (SSSR count). The van der Waals surface area contributed by atoms with Crippen LogP contribution >= 0.6 is 7.14 Å². The van der Waals surface area contributed by atoms with Crippen molar-refractivity contribution in [3.05, 3.63) is 131 Å². The molecule has 2 aromatic heterocycles. The minimum absolute atomic E-state index is 0.246. The maximum Gasteiger partial charge on any atom is 0.324 e. The van der Waals surface area contributed by atoms with E-state index in [4.69, 9.17) is 9.84 Å². The highest BCUT2D eigenvalue weighted by molar-refractivity contribution is 7.61. The first-order valence-corrected chi connectivity index (χ1v) is 20.0. The number of rotatable bonds is 9. The van der Waals surface area contributed by atoms with E-state index < -0.39 is 13.2 Å². The average Bonchev–Trinajstić information content (AvgIpc) is 3.68. The van der Waals surface area contributed by atoms with E-state index in [9.17, 15) is 14.2 Å². The minimum atomic E-state index is -2.29. The van der Waals surface area contributed by atoms with Gasteiger partial charge in [0.25, 0.3) is 0 Å². The van der Waals surface area contributed by atoms with Crippen LogP contribution in [0.15, 0.2) is 97.2 Å². The van der Waals surface area contributed by atoms with Gasteiger partial charge in [-0.25, -0.2) is 14.5 Å². The fourth-order valence-corrected chi connectivity index (χ4v) is 7.51. The van der Waals surface area contributed by atoms with Crippen molar-refractivity contribution in [1.29, 1.82) is 0 Å². The Morgan fingerprint density at radius 1 is 0.865 bits per heavy atom. The predicted octanol–water partition coefficient (Wildman–Crippen LogP) is 8.93. The van der Waals surface area contributed by atoms with Crippen molar-refractivity contribution in [3.63, 3.8) is 0 Å². The van der Waals surface area contributed by atoms with E-state index in [0.717, 1.165) is 44.4 Å². The molecular formula is C41H41N6O4P. The number of benzene rings is 4. The van der Waals surface area contributed by atoms with E-state index in [1.165, 1.54) is 0 Å². The number of ketones is 1. The fraction of sp³-hybridized carbons (Fsp3) is 0.244. The van der Waals surface area contributed by atoms with Crippen molar-refractivity contribution in [1.82, 2.24) is 19.7 Å². The molecule has 0 saturated heterocycles. The molecular weight excluding hydrogens is 671 g/mol. The molecule has 1 aliphatic carbocycles. The Morgan fingerprint density at radius 2 is 1.65 bits per heavy atom. The summed E-state index contributed by atoms with van der Waals surface area (Å²) in [5.41, 5.74) is 6.07. The van der Waals surface area contributed by atoms with E-state index in [2.05, 4.69) is 47.4 Å². The normalized spacial score (nSPS) is 12.9. The summed E-state index contributed by atoms with van der Waals surface area (Å²) in [6.07, 6.45) is 3.65. The highest BCUT2D eigenvalue weighted by atomic mass is 31.2. The topological polar surface area (TPSA) is 128 Å². The molecule has 0 aliphatic heterocycles. The van der Waals surface area contributed by atoms with Gasteiger partial charge in [-0.3, -0.25) is 10.1 Å². The Bertz CT molecular complexity index is 2390. The quantitative estimate of drug-likeness (QED) is 0.143. The van der Waals surface area contributed by atoms with Gasteiger partial charge in [0.05, 0.1) is 24.2 Å². The number of aromatic nitrogens is 4. The molecule has 0 fully saturated rings. The summed E-state index contributed by atoms with van der Waals surface area (Å²) in [6.45, 7) is 9.77. The fourth-order valence-electron chi connectivity index (χ4n) is 6.43. The maximum absolute atomic E-state index is 13.6. The van der Waals surface area contributed by atoms with Crippen LogP contribution in [0, 0.1) is 0 Å². The van der Waals surface area contributed by atoms with Crippen LogP contribution in [0.1, 0.15) is 54.5 Å². The van der Waals surface area contributed by atoms with Gasteiger partial charge in [0, 0.05) is 59.9 Å². The van der Waals surface area contributed by atoms with Gasteiger partial charge < -0.3 is 14.6 Å². The van der Waals surface area contributed by atoms with Gasteiger partial charge in [0.15, 0.2) is 0 Å². The SMILES string of the molecule is CC(C)(C)c1cc(NC(=O)Nc2ccc(Oc3ccnc(Cc4ccc5c(c4)CC(=O)C5)n3)c3ccccc23)n(-c2cccc(CP(C)(C)=O)c2)n1. The number of fused-ring (bicyclic) bond motifs is 2. The van der Waals surface area contributed by atoms with Crippen molar-refractivity contribution in [2.45, 2.75) is 51.6 Å². The van der Waals surface area contributed by atoms with E-state index in [-0.39, 0.29) is 11.2 Å². The minimum Gasteiger partial charge on any atom is -0.438 e. The molecule has 0 saturated carbocycles. The number of amides is 2. The van der Waals surface area contributed by atoms with Crippen molar-refractivity contribution >= 4 is 41.2 Å². The van der Waals surface area contributed by atoms with Crippen molar-refractivity contribution < 1.29 is 18.9 Å². The van der Waals surface area contributed by atoms with Gasteiger partial charge in [0.1, 0.15) is 23.2 Å². The lowest BCUT2D eigenvalue weighted by Gasteiger charge is -2.15. The molecule has 2 heterocycles. The van der Waals surface area contributed by atoms with Crippen LogP contribution in [0.4, 0.5) is 16.3 Å². The number of carbonyl (C=O) groups excluding carboxylic acids is 2. The van der Waals surface area contributed by atoms with Gasteiger partial charge in [-0.2, -0.15) is 10.1 Å². The Kier molecular flexibility index (Phi) is 9.27. The predicted molar refractivity (Wildman–Crippen MR) is 206 cm³/mol. The summed E-state index contributed by atoms with van der Waals surface area (Å²) in [5.74, 6) is 2.34. The first-order chi connectivity index (χ1) is 24.8. The largest absolute Gasteiger partial charge is 0.438 e. The summed E-state index contributed by atoms with van der Waals surface area (Å²) < 4.78 is 20.6. The lowest BCUT2D eigenvalue weighted by atomic mass is 9.92. The number of nitrogens with zero attached hydrogens (tertiary/aromatic N) is 4. The molecule has 1 aliphatic rings. The van der Waals surface area contributed by atoms with Crippen LogP contribution in [0.3, 0.4) is 0 Å². The van der Waals surface area contributed by atoms with Crippen molar-refractivity contribution in [2.24, 2.45) is 0 Å². The first-order valence-electron chi connectivity index (χ1n) is 17.2. The summed E-state index contributed by atoms with van der Waals surface area (Å²) >= 11 is 0. The molecule has 2 N–H and O–H groups in total. The van der Waals surface area contributed by atoms with Crippen LogP contribution in [-0.2, 0) is 40.2 Å². The molecule has 11 heteroatoms. The second kappa shape index (κ2) is 13.8. The number of anilines is 2. The van der Waals surface area contributed by atoms with E-state index >= 15 is 0 Å². The first kappa shape index (κ1) is 34.8. The molecule has 0 bridgehead atoms. The molecule has 264 valence electrons. The average molecular weight is 713 g/mol. The summed E-state index contributed by atoms with van der Waals surface area (Å²) in [6, 6.07) is 28.3. The molecule has 2 amide bonds. The number of hydrogen-bond donors (Lipinski definition) is 2. The Labute approximate surface area is 303 Å². The van der Waals surface area contributed by atoms with Crippen LogP contribution in [-0.4, -0.2) is 44.9 Å². The molecule has 0 unspecified atom stereocenters. The summed E-state index contributed by atoms with van der Waals surface area (Å²) in [4.78, 5) is 34.6. The van der Waals surface area contributed by atoms with Gasteiger partial charge in [-0.05, 0) is 59.8 Å². The standard InChI is InChI=1S/C41H41N6O4P/c1-41(2,3)36-24-38(47(46-36)30-10-8-9-27(20-30)25-52(4,5)50)45-40(49)43-34-15-16-35(33-12-7-6-11-32(33)34)51-39-17-18-42-37(44-39)21-26-13-14-28-22-31(48)23-29(28)19-26/h6-20,24H,21-23,25H2,1-5H3,(H2,43,45,49). The lowest BCUT2D eigenvalue weighted by Crippen LogP contribution is -2.21. The smallest absolute Gasteiger partial charge is 0.324 e. The van der Waals surface area contributed by atoms with E-state index in [1.807, 2.05) is 72.8 Å². The van der Waals surface area contributed by atoms with Crippen LogP contribution in [0.2, 0.25) is 0 Å². The van der Waals surface area contributed by atoms with Crippen molar-refractivity contribution in [2.75, 3.05) is 24.0 Å². The van der Waals surface area contributed by atoms with Gasteiger partial charge >= 0.3 is 6.03 Å². The second-order valence-corrected chi connectivity index (χ2v) is 18.3.